The molecule has 1 N–H and O–H groups in total. The largest absolute Gasteiger partial charge is 0.383 e. The first-order chi connectivity index (χ1) is 11.1. The number of anilines is 1. The van der Waals surface area contributed by atoms with Gasteiger partial charge in [0.2, 0.25) is 0 Å². The van der Waals surface area contributed by atoms with E-state index in [4.69, 9.17) is 17.0 Å². The van der Waals surface area contributed by atoms with Crippen LogP contribution in [-0.4, -0.2) is 35.3 Å². The fourth-order valence-corrected chi connectivity index (χ4v) is 2.57. The normalized spacial score (nSPS) is 11.8. The van der Waals surface area contributed by atoms with Crippen molar-refractivity contribution in [3.05, 3.63) is 60.2 Å². The lowest BCUT2D eigenvalue weighted by Crippen LogP contribution is -2.39. The number of benzene rings is 1. The second-order valence-corrected chi connectivity index (χ2v) is 5.45. The van der Waals surface area contributed by atoms with Crippen molar-refractivity contribution in [3.63, 3.8) is 0 Å². The number of nitrogens with one attached hydrogen (secondary N) is 1. The van der Waals surface area contributed by atoms with Crippen molar-refractivity contribution < 1.29 is 9.13 Å². The average Bonchev–Trinajstić information content (AvgIpc) is 2.58. The molecule has 0 fully saturated rings. The van der Waals surface area contributed by atoms with Crippen LogP contribution in [0.2, 0.25) is 0 Å². The van der Waals surface area contributed by atoms with Gasteiger partial charge in [-0.15, -0.1) is 0 Å². The number of nitrogens with zero attached hydrogens (tertiary/aromatic N) is 2. The highest BCUT2D eigenvalue weighted by molar-refractivity contribution is 7.80. The SMILES string of the molecule is COCCN(C(=S)Nc1ccccc1F)[C@@H](C)c1cccnc1. The molecule has 1 aromatic heterocycles. The molecule has 2 aromatic rings. The first-order valence-electron chi connectivity index (χ1n) is 7.34. The Morgan fingerprint density at radius 1 is 1.35 bits per heavy atom. The van der Waals surface area contributed by atoms with E-state index < -0.39 is 0 Å². The number of hydrogen-bond acceptors (Lipinski definition) is 3. The van der Waals surface area contributed by atoms with Gasteiger partial charge in [0.15, 0.2) is 5.11 Å². The summed E-state index contributed by atoms with van der Waals surface area (Å²) in [4.78, 5) is 6.10. The van der Waals surface area contributed by atoms with E-state index in [2.05, 4.69) is 10.3 Å². The number of halogens is 1. The van der Waals surface area contributed by atoms with E-state index in [9.17, 15) is 4.39 Å². The van der Waals surface area contributed by atoms with Crippen LogP contribution in [0.15, 0.2) is 48.8 Å². The van der Waals surface area contributed by atoms with Gasteiger partial charge in [-0.2, -0.15) is 0 Å². The molecule has 0 spiro atoms. The van der Waals surface area contributed by atoms with Crippen LogP contribution >= 0.6 is 12.2 Å². The second kappa shape index (κ2) is 8.55. The predicted molar refractivity (Wildman–Crippen MR) is 93.9 cm³/mol. The van der Waals surface area contributed by atoms with Crippen molar-refractivity contribution in [3.8, 4) is 0 Å². The molecule has 2 rings (SSSR count). The molecular weight excluding hydrogens is 313 g/mol. The Balaban J connectivity index is 2.17. The number of para-hydroxylation sites is 1. The topological polar surface area (TPSA) is 37.4 Å². The van der Waals surface area contributed by atoms with E-state index >= 15 is 0 Å². The van der Waals surface area contributed by atoms with Crippen LogP contribution in [0.25, 0.3) is 0 Å². The molecule has 0 unspecified atom stereocenters. The Hall–Kier alpha value is -2.05. The highest BCUT2D eigenvalue weighted by atomic mass is 32.1. The lowest BCUT2D eigenvalue weighted by molar-refractivity contribution is 0.165. The number of thiocarbonyl (C=S) groups is 1. The minimum atomic E-state index is -0.337. The molecule has 0 aliphatic rings. The van der Waals surface area contributed by atoms with Gasteiger partial charge >= 0.3 is 0 Å². The van der Waals surface area contributed by atoms with E-state index in [0.717, 1.165) is 5.56 Å². The van der Waals surface area contributed by atoms with Crippen molar-refractivity contribution in [2.75, 3.05) is 25.6 Å². The van der Waals surface area contributed by atoms with Gasteiger partial charge in [0.1, 0.15) is 5.82 Å². The zero-order valence-electron chi connectivity index (χ0n) is 13.2. The molecule has 0 bridgehead atoms. The highest BCUT2D eigenvalue weighted by Crippen LogP contribution is 2.21. The molecule has 4 nitrogen and oxygen atoms in total. The molecule has 23 heavy (non-hydrogen) atoms. The first-order valence-corrected chi connectivity index (χ1v) is 7.75. The van der Waals surface area contributed by atoms with Gasteiger partial charge in [-0.1, -0.05) is 18.2 Å². The zero-order chi connectivity index (χ0) is 16.7. The summed E-state index contributed by atoms with van der Waals surface area (Å²) >= 11 is 5.48. The number of aromatic nitrogens is 1. The van der Waals surface area contributed by atoms with Crippen molar-refractivity contribution in [1.82, 2.24) is 9.88 Å². The molecule has 1 aromatic carbocycles. The summed E-state index contributed by atoms with van der Waals surface area (Å²) in [5, 5.41) is 3.42. The molecule has 0 aliphatic carbocycles. The van der Waals surface area contributed by atoms with Crippen LogP contribution in [0, 0.1) is 5.82 Å². The molecule has 0 saturated carbocycles. The third-order valence-electron chi connectivity index (χ3n) is 3.55. The minimum Gasteiger partial charge on any atom is -0.383 e. The van der Waals surface area contributed by atoms with Gasteiger partial charge in [-0.05, 0) is 42.9 Å². The maximum atomic E-state index is 13.8. The zero-order valence-corrected chi connectivity index (χ0v) is 14.0. The lowest BCUT2D eigenvalue weighted by Gasteiger charge is -2.32. The maximum Gasteiger partial charge on any atom is 0.174 e. The molecule has 122 valence electrons. The number of pyridine rings is 1. The maximum absolute atomic E-state index is 13.8. The summed E-state index contributed by atoms with van der Waals surface area (Å²) in [6, 6.07) is 10.3. The summed E-state index contributed by atoms with van der Waals surface area (Å²) in [7, 11) is 1.64. The van der Waals surface area contributed by atoms with E-state index in [1.54, 1.807) is 37.7 Å². The fraction of sp³-hybridized carbons (Fsp3) is 0.294. The molecule has 0 saturated heterocycles. The lowest BCUT2D eigenvalue weighted by atomic mass is 10.1. The third-order valence-corrected chi connectivity index (χ3v) is 3.88. The molecule has 1 atom stereocenters. The molecule has 1 heterocycles. The van der Waals surface area contributed by atoms with Crippen LogP contribution in [0.5, 0.6) is 0 Å². The highest BCUT2D eigenvalue weighted by Gasteiger charge is 2.19. The Morgan fingerprint density at radius 2 is 2.13 bits per heavy atom. The molecule has 0 radical (unpaired) electrons. The summed E-state index contributed by atoms with van der Waals surface area (Å²) < 4.78 is 19.0. The summed E-state index contributed by atoms with van der Waals surface area (Å²) in [6.07, 6.45) is 3.53. The van der Waals surface area contributed by atoms with E-state index in [1.807, 2.05) is 24.0 Å². The second-order valence-electron chi connectivity index (χ2n) is 5.06. The van der Waals surface area contributed by atoms with Crippen LogP contribution in [0.1, 0.15) is 18.5 Å². The van der Waals surface area contributed by atoms with Gasteiger partial charge in [0.05, 0.1) is 18.3 Å². The van der Waals surface area contributed by atoms with E-state index in [1.165, 1.54) is 6.07 Å². The van der Waals surface area contributed by atoms with Crippen molar-refractivity contribution in [2.45, 2.75) is 13.0 Å². The molecule has 6 heteroatoms. The number of hydrogen-bond donors (Lipinski definition) is 1. The summed E-state index contributed by atoms with van der Waals surface area (Å²) in [6.45, 7) is 3.14. The van der Waals surface area contributed by atoms with Gasteiger partial charge < -0.3 is 15.0 Å². The van der Waals surface area contributed by atoms with Gasteiger partial charge in [0, 0.05) is 26.0 Å². The van der Waals surface area contributed by atoms with Crippen molar-refractivity contribution in [1.29, 1.82) is 0 Å². The van der Waals surface area contributed by atoms with E-state index in [-0.39, 0.29) is 11.9 Å². The Morgan fingerprint density at radius 3 is 2.78 bits per heavy atom. The van der Waals surface area contributed by atoms with Gasteiger partial charge in [-0.3, -0.25) is 4.98 Å². The number of ether oxygens (including phenoxy) is 1. The van der Waals surface area contributed by atoms with Crippen LogP contribution in [0.4, 0.5) is 10.1 Å². The van der Waals surface area contributed by atoms with Crippen LogP contribution < -0.4 is 5.32 Å². The van der Waals surface area contributed by atoms with Gasteiger partial charge in [-0.25, -0.2) is 4.39 Å². The number of rotatable bonds is 6. The fourth-order valence-electron chi connectivity index (χ4n) is 2.21. The van der Waals surface area contributed by atoms with Gasteiger partial charge in [0.25, 0.3) is 0 Å². The predicted octanol–water partition coefficient (Wildman–Crippen LogP) is 3.63. The van der Waals surface area contributed by atoms with Crippen LogP contribution in [-0.2, 0) is 4.74 Å². The molecule has 0 amide bonds. The third kappa shape index (κ3) is 4.71. The summed E-state index contributed by atoms with van der Waals surface area (Å²) in [5.41, 5.74) is 1.39. The van der Waals surface area contributed by atoms with Crippen molar-refractivity contribution in [2.24, 2.45) is 0 Å². The Bertz CT molecular complexity index is 639. The monoisotopic (exact) mass is 333 g/mol. The average molecular weight is 333 g/mol. The smallest absolute Gasteiger partial charge is 0.174 e. The minimum absolute atomic E-state index is 0.00868. The van der Waals surface area contributed by atoms with E-state index in [0.29, 0.717) is 24.0 Å². The molecular formula is C17H20FN3OS. The van der Waals surface area contributed by atoms with Crippen LogP contribution in [0.3, 0.4) is 0 Å². The Labute approximate surface area is 141 Å². The summed E-state index contributed by atoms with van der Waals surface area (Å²) in [5.74, 6) is -0.337. The Kier molecular flexibility index (Phi) is 6.43. The first kappa shape index (κ1) is 17.3. The number of methoxy groups -OCH3 is 1. The molecule has 0 aliphatic heterocycles. The van der Waals surface area contributed by atoms with Crippen molar-refractivity contribution >= 4 is 23.0 Å². The quantitative estimate of drug-likeness (QED) is 0.817. The standard InChI is InChI=1S/C17H20FN3OS/c1-13(14-6-5-9-19-12-14)21(10-11-22-2)17(23)20-16-8-4-3-7-15(16)18/h3-9,12-13H,10-11H2,1-2H3,(H,20,23)/t13-/m0/s1.